The van der Waals surface area contributed by atoms with Crippen LogP contribution in [0.2, 0.25) is 10.0 Å². The first-order valence-corrected chi connectivity index (χ1v) is 9.65. The standard InChI is InChI=1S/C21H18Cl2N4O/c22-16-8-2-1-6-14(16)19-15-7-5-12-27(18-10-4-3-9-17(18)23)20(15)26-21(25-19)24-11-13-28/h1-10,28H,11-13H2,(H,24,25,26). The molecule has 2 heterocycles. The van der Waals surface area contributed by atoms with Crippen LogP contribution in [0.5, 0.6) is 0 Å². The summed E-state index contributed by atoms with van der Waals surface area (Å²) in [5, 5.41) is 13.5. The summed E-state index contributed by atoms with van der Waals surface area (Å²) in [6.45, 7) is 0.966. The van der Waals surface area contributed by atoms with Gasteiger partial charge in [-0.1, -0.05) is 65.7 Å². The fourth-order valence-corrected chi connectivity index (χ4v) is 3.63. The zero-order valence-corrected chi connectivity index (χ0v) is 16.5. The van der Waals surface area contributed by atoms with Crippen molar-refractivity contribution in [2.24, 2.45) is 0 Å². The highest BCUT2D eigenvalue weighted by molar-refractivity contribution is 6.34. The van der Waals surface area contributed by atoms with Crippen molar-refractivity contribution >= 4 is 46.7 Å². The van der Waals surface area contributed by atoms with E-state index in [1.54, 1.807) is 0 Å². The van der Waals surface area contributed by atoms with E-state index in [0.29, 0.717) is 29.1 Å². The van der Waals surface area contributed by atoms with E-state index in [1.165, 1.54) is 0 Å². The highest BCUT2D eigenvalue weighted by atomic mass is 35.5. The van der Waals surface area contributed by atoms with Gasteiger partial charge in [0.2, 0.25) is 5.95 Å². The van der Waals surface area contributed by atoms with E-state index in [-0.39, 0.29) is 6.61 Å². The number of aromatic nitrogens is 2. The Labute approximate surface area is 173 Å². The van der Waals surface area contributed by atoms with Gasteiger partial charge in [-0.25, -0.2) is 4.98 Å². The summed E-state index contributed by atoms with van der Waals surface area (Å²) in [6.07, 6.45) is 4.06. The zero-order chi connectivity index (χ0) is 19.5. The van der Waals surface area contributed by atoms with Gasteiger partial charge in [-0.05, 0) is 18.2 Å². The molecule has 0 spiro atoms. The number of aliphatic hydroxyl groups is 1. The molecule has 0 saturated heterocycles. The fraction of sp³-hybridized carbons (Fsp3) is 0.143. The summed E-state index contributed by atoms with van der Waals surface area (Å²) >= 11 is 12.9. The Morgan fingerprint density at radius 2 is 1.75 bits per heavy atom. The third-order valence-corrected chi connectivity index (χ3v) is 5.07. The smallest absolute Gasteiger partial charge is 0.225 e. The average Bonchev–Trinajstić information content (AvgIpc) is 2.72. The summed E-state index contributed by atoms with van der Waals surface area (Å²) in [5.41, 5.74) is 3.28. The quantitative estimate of drug-likeness (QED) is 0.615. The maximum Gasteiger partial charge on any atom is 0.225 e. The lowest BCUT2D eigenvalue weighted by Crippen LogP contribution is -2.24. The molecule has 28 heavy (non-hydrogen) atoms. The molecular formula is C21H18Cl2N4O. The molecule has 4 rings (SSSR count). The molecule has 3 aromatic rings. The number of anilines is 3. The van der Waals surface area contributed by atoms with Gasteiger partial charge in [0.05, 0.1) is 23.0 Å². The molecule has 7 heteroatoms. The number of para-hydroxylation sites is 1. The highest BCUT2D eigenvalue weighted by Crippen LogP contribution is 2.40. The number of benzene rings is 2. The second-order valence-corrected chi connectivity index (χ2v) is 7.04. The maximum atomic E-state index is 9.18. The van der Waals surface area contributed by atoms with Gasteiger partial charge in [0, 0.05) is 29.2 Å². The number of rotatable bonds is 5. The fourth-order valence-electron chi connectivity index (χ4n) is 3.17. The second kappa shape index (κ2) is 8.19. The van der Waals surface area contributed by atoms with E-state index in [2.05, 4.69) is 16.4 Å². The lowest BCUT2D eigenvalue weighted by atomic mass is 10.0. The summed E-state index contributed by atoms with van der Waals surface area (Å²) < 4.78 is 0. The predicted molar refractivity (Wildman–Crippen MR) is 116 cm³/mol. The van der Waals surface area contributed by atoms with Gasteiger partial charge in [-0.2, -0.15) is 4.98 Å². The van der Waals surface area contributed by atoms with Gasteiger partial charge in [0.15, 0.2) is 0 Å². The molecule has 2 N–H and O–H groups in total. The largest absolute Gasteiger partial charge is 0.395 e. The van der Waals surface area contributed by atoms with E-state index >= 15 is 0 Å². The van der Waals surface area contributed by atoms with Gasteiger partial charge in [0.25, 0.3) is 0 Å². The van der Waals surface area contributed by atoms with Crippen molar-refractivity contribution in [2.45, 2.75) is 0 Å². The summed E-state index contributed by atoms with van der Waals surface area (Å²) in [7, 11) is 0. The van der Waals surface area contributed by atoms with Gasteiger partial charge >= 0.3 is 0 Å². The Morgan fingerprint density at radius 3 is 2.50 bits per heavy atom. The van der Waals surface area contributed by atoms with Crippen molar-refractivity contribution < 1.29 is 5.11 Å². The molecule has 142 valence electrons. The predicted octanol–water partition coefficient (Wildman–Crippen LogP) is 5.02. The van der Waals surface area contributed by atoms with E-state index < -0.39 is 0 Å². The van der Waals surface area contributed by atoms with Gasteiger partial charge in [-0.3, -0.25) is 0 Å². The van der Waals surface area contributed by atoms with Crippen molar-refractivity contribution in [3.63, 3.8) is 0 Å². The van der Waals surface area contributed by atoms with E-state index in [4.69, 9.17) is 28.2 Å². The Balaban J connectivity index is 1.92. The summed E-state index contributed by atoms with van der Waals surface area (Å²) in [6, 6.07) is 15.2. The highest BCUT2D eigenvalue weighted by Gasteiger charge is 2.24. The number of hydrogen-bond donors (Lipinski definition) is 2. The number of nitrogens with zero attached hydrogens (tertiary/aromatic N) is 3. The monoisotopic (exact) mass is 412 g/mol. The minimum atomic E-state index is -0.0179. The summed E-state index contributed by atoms with van der Waals surface area (Å²) in [4.78, 5) is 11.4. The van der Waals surface area contributed by atoms with Crippen LogP contribution in [0.15, 0.2) is 54.6 Å². The minimum absolute atomic E-state index is 0.0179. The molecule has 0 unspecified atom stereocenters. The first kappa shape index (κ1) is 18.7. The van der Waals surface area contributed by atoms with Crippen LogP contribution < -0.4 is 10.2 Å². The third-order valence-electron chi connectivity index (χ3n) is 4.42. The van der Waals surface area contributed by atoms with Gasteiger partial charge in [0.1, 0.15) is 5.82 Å². The molecular weight excluding hydrogens is 395 g/mol. The molecule has 0 saturated carbocycles. The van der Waals surface area contributed by atoms with Crippen molar-refractivity contribution in [1.29, 1.82) is 0 Å². The van der Waals surface area contributed by atoms with Crippen LogP contribution in [0.25, 0.3) is 17.3 Å². The number of fused-ring (bicyclic) bond motifs is 1. The van der Waals surface area contributed by atoms with Crippen LogP contribution in [0.1, 0.15) is 5.56 Å². The number of hydrogen-bond acceptors (Lipinski definition) is 5. The molecule has 0 atom stereocenters. The molecule has 0 aliphatic carbocycles. The molecule has 1 aliphatic heterocycles. The Morgan fingerprint density at radius 1 is 1.00 bits per heavy atom. The second-order valence-electron chi connectivity index (χ2n) is 6.23. The number of aliphatic hydroxyl groups excluding tert-OH is 1. The Hall–Kier alpha value is -2.60. The van der Waals surface area contributed by atoms with Crippen LogP contribution in [-0.2, 0) is 0 Å². The van der Waals surface area contributed by atoms with E-state index in [9.17, 15) is 5.11 Å². The van der Waals surface area contributed by atoms with E-state index in [0.717, 1.165) is 28.3 Å². The van der Waals surface area contributed by atoms with Crippen molar-refractivity contribution in [3.05, 3.63) is 70.2 Å². The molecule has 0 amide bonds. The van der Waals surface area contributed by atoms with Crippen molar-refractivity contribution in [3.8, 4) is 11.3 Å². The van der Waals surface area contributed by atoms with Gasteiger partial charge < -0.3 is 15.3 Å². The Kier molecular flexibility index (Phi) is 5.48. The van der Waals surface area contributed by atoms with Gasteiger partial charge in [-0.15, -0.1) is 0 Å². The lowest BCUT2D eigenvalue weighted by molar-refractivity contribution is 0.311. The molecule has 0 radical (unpaired) electrons. The van der Waals surface area contributed by atoms with Crippen LogP contribution in [0.3, 0.4) is 0 Å². The van der Waals surface area contributed by atoms with Crippen molar-refractivity contribution in [1.82, 2.24) is 9.97 Å². The van der Waals surface area contributed by atoms with Crippen LogP contribution in [-0.4, -0.2) is 34.8 Å². The average molecular weight is 413 g/mol. The number of halogens is 2. The van der Waals surface area contributed by atoms with E-state index in [1.807, 2.05) is 59.5 Å². The molecule has 2 aromatic carbocycles. The number of nitrogens with one attached hydrogen (secondary N) is 1. The molecule has 1 aliphatic rings. The SMILES string of the molecule is OCCNc1nc(-c2ccccc2Cl)c2c(n1)N(c1ccccc1Cl)CC=C2. The van der Waals surface area contributed by atoms with Crippen LogP contribution >= 0.6 is 23.2 Å². The maximum absolute atomic E-state index is 9.18. The summed E-state index contributed by atoms with van der Waals surface area (Å²) in [5.74, 6) is 1.16. The normalized spacial score (nSPS) is 12.8. The van der Waals surface area contributed by atoms with Crippen molar-refractivity contribution in [2.75, 3.05) is 29.9 Å². The first-order chi connectivity index (χ1) is 13.7. The Bertz CT molecular complexity index is 1040. The lowest BCUT2D eigenvalue weighted by Gasteiger charge is -2.29. The topological polar surface area (TPSA) is 61.3 Å². The van der Waals surface area contributed by atoms with Crippen LogP contribution in [0, 0.1) is 0 Å². The molecule has 1 aromatic heterocycles. The molecule has 0 fully saturated rings. The molecule has 5 nitrogen and oxygen atoms in total. The zero-order valence-electron chi connectivity index (χ0n) is 14.9. The minimum Gasteiger partial charge on any atom is -0.395 e. The first-order valence-electron chi connectivity index (χ1n) is 8.89. The molecule has 0 bridgehead atoms. The third kappa shape index (κ3) is 3.56. The van der Waals surface area contributed by atoms with Crippen LogP contribution in [0.4, 0.5) is 17.5 Å².